The van der Waals surface area contributed by atoms with Crippen LogP contribution in [0.4, 0.5) is 0 Å². The molecule has 0 saturated carbocycles. The zero-order chi connectivity index (χ0) is 10.2. The molecule has 0 saturated heterocycles. The fraction of sp³-hybridized carbons (Fsp3) is 0.333. The molecule has 1 atom stereocenters. The van der Waals surface area contributed by atoms with Crippen molar-refractivity contribution in [2.45, 2.75) is 19.1 Å². The second-order valence-corrected chi connectivity index (χ2v) is 3.01. The number of terminal acetylenes is 1. The first kappa shape index (κ1) is 10.8. The fourth-order valence-corrected chi connectivity index (χ4v) is 1.04. The van der Waals surface area contributed by atoms with E-state index in [4.69, 9.17) is 16.3 Å². The summed E-state index contributed by atoms with van der Waals surface area (Å²) in [5.74, 6) is 2.24. The van der Waals surface area contributed by atoms with Gasteiger partial charge in [-0.15, -0.1) is 6.42 Å². The van der Waals surface area contributed by atoms with E-state index in [1.807, 2.05) is 30.3 Å². The summed E-state index contributed by atoms with van der Waals surface area (Å²) in [5.41, 5.74) is 1.13. The van der Waals surface area contributed by atoms with E-state index in [0.717, 1.165) is 5.56 Å². The third-order valence-corrected chi connectivity index (χ3v) is 1.84. The summed E-state index contributed by atoms with van der Waals surface area (Å²) < 4.78 is 5.34. The topological polar surface area (TPSA) is 29.5 Å². The minimum Gasteiger partial charge on any atom is -0.380 e. The van der Waals surface area contributed by atoms with Crippen LogP contribution < -0.4 is 0 Å². The summed E-state index contributed by atoms with van der Waals surface area (Å²) in [5, 5.41) is 9.04. The van der Waals surface area contributed by atoms with Crippen LogP contribution in [0.2, 0.25) is 0 Å². The Hall–Kier alpha value is -1.30. The van der Waals surface area contributed by atoms with Crippen molar-refractivity contribution in [1.82, 2.24) is 0 Å². The van der Waals surface area contributed by atoms with E-state index in [1.165, 1.54) is 0 Å². The molecule has 0 aliphatic rings. The Balaban J connectivity index is 2.14. The molecule has 0 heterocycles. The number of aliphatic hydroxyl groups is 1. The lowest BCUT2D eigenvalue weighted by Crippen LogP contribution is -2.07. The molecule has 1 N–H and O–H groups in total. The zero-order valence-corrected chi connectivity index (χ0v) is 8.02. The van der Waals surface area contributed by atoms with Gasteiger partial charge in [-0.05, 0) is 5.56 Å². The minimum absolute atomic E-state index is 0.486. The zero-order valence-electron chi connectivity index (χ0n) is 8.02. The number of rotatable bonds is 5. The highest BCUT2D eigenvalue weighted by molar-refractivity contribution is 5.13. The van der Waals surface area contributed by atoms with Crippen molar-refractivity contribution in [2.24, 2.45) is 0 Å². The molecule has 0 radical (unpaired) electrons. The van der Waals surface area contributed by atoms with Crippen molar-refractivity contribution >= 4 is 0 Å². The summed E-state index contributed by atoms with van der Waals surface area (Å²) >= 11 is 0. The van der Waals surface area contributed by atoms with Gasteiger partial charge in [0.15, 0.2) is 0 Å². The monoisotopic (exact) mass is 190 g/mol. The first-order chi connectivity index (χ1) is 6.83. The molecule has 1 aromatic carbocycles. The van der Waals surface area contributed by atoms with E-state index < -0.39 is 6.10 Å². The summed E-state index contributed by atoms with van der Waals surface area (Å²) in [6.07, 6.45) is 4.81. The Bertz CT molecular complexity index is 287. The summed E-state index contributed by atoms with van der Waals surface area (Å²) in [4.78, 5) is 0. The van der Waals surface area contributed by atoms with Gasteiger partial charge in [-0.25, -0.2) is 0 Å². The van der Waals surface area contributed by atoms with Gasteiger partial charge in [0.1, 0.15) is 6.10 Å². The van der Waals surface area contributed by atoms with Crippen molar-refractivity contribution in [3.05, 3.63) is 35.9 Å². The molecule has 14 heavy (non-hydrogen) atoms. The van der Waals surface area contributed by atoms with Crippen LogP contribution in [-0.4, -0.2) is 17.8 Å². The number of ether oxygens (including phenoxy) is 1. The van der Waals surface area contributed by atoms with Crippen molar-refractivity contribution in [2.75, 3.05) is 6.61 Å². The van der Waals surface area contributed by atoms with Crippen LogP contribution in [0.1, 0.15) is 12.0 Å². The predicted octanol–water partition coefficient (Wildman–Crippen LogP) is 1.59. The largest absolute Gasteiger partial charge is 0.380 e. The highest BCUT2D eigenvalue weighted by Gasteiger charge is 1.98. The normalized spacial score (nSPS) is 12.0. The molecule has 0 spiro atoms. The summed E-state index contributed by atoms with van der Waals surface area (Å²) in [6.45, 7) is 1.05. The van der Waals surface area contributed by atoms with Gasteiger partial charge < -0.3 is 9.84 Å². The van der Waals surface area contributed by atoms with Gasteiger partial charge in [-0.2, -0.15) is 0 Å². The molecule has 0 aromatic heterocycles. The second-order valence-electron chi connectivity index (χ2n) is 3.01. The molecular weight excluding hydrogens is 176 g/mol. The van der Waals surface area contributed by atoms with Crippen LogP contribution >= 0.6 is 0 Å². The van der Waals surface area contributed by atoms with Crippen molar-refractivity contribution in [3.63, 3.8) is 0 Å². The van der Waals surface area contributed by atoms with E-state index in [1.54, 1.807) is 0 Å². The fourth-order valence-electron chi connectivity index (χ4n) is 1.04. The van der Waals surface area contributed by atoms with Crippen LogP contribution in [-0.2, 0) is 11.3 Å². The molecule has 0 bridgehead atoms. The maximum atomic E-state index is 9.04. The van der Waals surface area contributed by atoms with Crippen LogP contribution in [0.15, 0.2) is 30.3 Å². The first-order valence-corrected chi connectivity index (χ1v) is 4.59. The van der Waals surface area contributed by atoms with Crippen LogP contribution in [0.3, 0.4) is 0 Å². The lowest BCUT2D eigenvalue weighted by molar-refractivity contribution is 0.0907. The molecule has 0 aliphatic heterocycles. The smallest absolute Gasteiger partial charge is 0.116 e. The average molecular weight is 190 g/mol. The Morgan fingerprint density at radius 1 is 1.36 bits per heavy atom. The van der Waals surface area contributed by atoms with Crippen molar-refractivity contribution in [1.29, 1.82) is 0 Å². The van der Waals surface area contributed by atoms with Gasteiger partial charge in [-0.1, -0.05) is 36.3 Å². The molecule has 74 valence electrons. The van der Waals surface area contributed by atoms with Gasteiger partial charge in [-0.3, -0.25) is 0 Å². The number of aliphatic hydroxyl groups excluding tert-OH is 1. The quantitative estimate of drug-likeness (QED) is 0.564. The number of hydrogen-bond acceptors (Lipinski definition) is 2. The molecule has 0 amide bonds. The number of benzene rings is 1. The third kappa shape index (κ3) is 4.08. The third-order valence-electron chi connectivity index (χ3n) is 1.84. The molecule has 2 nitrogen and oxygen atoms in total. The van der Waals surface area contributed by atoms with Crippen molar-refractivity contribution in [3.8, 4) is 12.3 Å². The van der Waals surface area contributed by atoms with Crippen LogP contribution in [0, 0.1) is 12.3 Å². The van der Waals surface area contributed by atoms with Crippen LogP contribution in [0.25, 0.3) is 0 Å². The Labute approximate surface area is 84.5 Å². The van der Waals surface area contributed by atoms with E-state index >= 15 is 0 Å². The van der Waals surface area contributed by atoms with Gasteiger partial charge in [0.25, 0.3) is 0 Å². The maximum absolute atomic E-state index is 9.04. The lowest BCUT2D eigenvalue weighted by atomic mass is 10.2. The molecule has 1 aromatic rings. The Morgan fingerprint density at radius 3 is 2.71 bits per heavy atom. The Kier molecular flexibility index (Phi) is 4.77. The standard InChI is InChI=1S/C12H14O2/c1-2-12(13)8-9-14-10-11-6-4-3-5-7-11/h1,3-7,12-13H,8-10H2/t12-/m0/s1. The molecule has 0 fully saturated rings. The first-order valence-electron chi connectivity index (χ1n) is 4.59. The SMILES string of the molecule is C#C[C@H](O)CCOCc1ccccc1. The van der Waals surface area contributed by atoms with Crippen molar-refractivity contribution < 1.29 is 9.84 Å². The summed E-state index contributed by atoms with van der Waals surface area (Å²) in [7, 11) is 0. The predicted molar refractivity (Wildman–Crippen MR) is 55.6 cm³/mol. The molecular formula is C12H14O2. The molecule has 0 unspecified atom stereocenters. The van der Waals surface area contributed by atoms with Gasteiger partial charge in [0.05, 0.1) is 13.2 Å². The summed E-state index contributed by atoms with van der Waals surface area (Å²) in [6, 6.07) is 9.89. The second kappa shape index (κ2) is 6.20. The van der Waals surface area contributed by atoms with E-state index in [2.05, 4.69) is 5.92 Å². The maximum Gasteiger partial charge on any atom is 0.116 e. The minimum atomic E-state index is -0.689. The van der Waals surface area contributed by atoms with Gasteiger partial charge >= 0.3 is 0 Å². The van der Waals surface area contributed by atoms with E-state index in [0.29, 0.717) is 19.6 Å². The Morgan fingerprint density at radius 2 is 2.07 bits per heavy atom. The van der Waals surface area contributed by atoms with Gasteiger partial charge in [0.2, 0.25) is 0 Å². The molecule has 2 heteroatoms. The highest BCUT2D eigenvalue weighted by Crippen LogP contribution is 2.01. The number of hydrogen-bond donors (Lipinski definition) is 1. The van der Waals surface area contributed by atoms with E-state index in [9.17, 15) is 0 Å². The van der Waals surface area contributed by atoms with Crippen LogP contribution in [0.5, 0.6) is 0 Å². The average Bonchev–Trinajstić information content (AvgIpc) is 2.25. The molecule has 0 aliphatic carbocycles. The van der Waals surface area contributed by atoms with Gasteiger partial charge in [0, 0.05) is 6.42 Å². The molecule has 1 rings (SSSR count). The lowest BCUT2D eigenvalue weighted by Gasteiger charge is -2.05. The van der Waals surface area contributed by atoms with E-state index in [-0.39, 0.29) is 0 Å². The highest BCUT2D eigenvalue weighted by atomic mass is 16.5.